The van der Waals surface area contributed by atoms with Gasteiger partial charge in [0.15, 0.2) is 0 Å². The molecular formula is C18H21NO. The molecule has 0 atom stereocenters. The van der Waals surface area contributed by atoms with Crippen molar-refractivity contribution < 1.29 is 4.79 Å². The highest BCUT2D eigenvalue weighted by Crippen LogP contribution is 2.28. The van der Waals surface area contributed by atoms with Crippen LogP contribution in [-0.2, 0) is 4.79 Å². The highest BCUT2D eigenvalue weighted by atomic mass is 16.1. The largest absolute Gasteiger partial charge is 0.325 e. The highest BCUT2D eigenvalue weighted by molar-refractivity contribution is 5.96. The molecule has 2 heteroatoms. The summed E-state index contributed by atoms with van der Waals surface area (Å²) in [6.07, 6.45) is 1.74. The minimum Gasteiger partial charge on any atom is -0.325 e. The van der Waals surface area contributed by atoms with Crippen molar-refractivity contribution in [2.45, 2.75) is 26.7 Å². The van der Waals surface area contributed by atoms with E-state index in [1.165, 1.54) is 0 Å². The Morgan fingerprint density at radius 1 is 0.950 bits per heavy atom. The molecule has 0 radical (unpaired) electrons. The molecule has 0 saturated heterocycles. The first kappa shape index (κ1) is 14.3. The zero-order valence-electron chi connectivity index (χ0n) is 12.1. The van der Waals surface area contributed by atoms with Gasteiger partial charge in [0, 0.05) is 17.2 Å². The van der Waals surface area contributed by atoms with Crippen LogP contribution in [0, 0.1) is 5.92 Å². The van der Waals surface area contributed by atoms with Crippen molar-refractivity contribution in [3.8, 4) is 11.1 Å². The number of carbonyl (C=O) groups excluding carboxylic acids is 1. The minimum absolute atomic E-state index is 0.0822. The lowest BCUT2D eigenvalue weighted by atomic mass is 10.0. The van der Waals surface area contributed by atoms with Gasteiger partial charge < -0.3 is 5.32 Å². The van der Waals surface area contributed by atoms with Gasteiger partial charge in [-0.15, -0.1) is 0 Å². The van der Waals surface area contributed by atoms with E-state index >= 15 is 0 Å². The standard InChI is InChI=1S/C18H21NO/c1-3-14(4-2)18(20)19-17-13-9-8-12-16(17)15-10-6-5-7-11-15/h5-14H,3-4H2,1-2H3,(H,19,20). The molecule has 2 aromatic carbocycles. The summed E-state index contributed by atoms with van der Waals surface area (Å²) in [5.74, 6) is 0.192. The van der Waals surface area contributed by atoms with E-state index in [9.17, 15) is 4.79 Å². The zero-order chi connectivity index (χ0) is 14.4. The zero-order valence-corrected chi connectivity index (χ0v) is 12.1. The quantitative estimate of drug-likeness (QED) is 0.833. The van der Waals surface area contributed by atoms with Crippen LogP contribution in [0.1, 0.15) is 26.7 Å². The van der Waals surface area contributed by atoms with Crippen LogP contribution in [0.5, 0.6) is 0 Å². The topological polar surface area (TPSA) is 29.1 Å². The number of anilines is 1. The van der Waals surface area contributed by atoms with E-state index in [2.05, 4.69) is 31.3 Å². The summed E-state index contributed by atoms with van der Waals surface area (Å²) in [6.45, 7) is 4.10. The predicted octanol–water partition coefficient (Wildman–Crippen LogP) is 4.73. The van der Waals surface area contributed by atoms with Crippen molar-refractivity contribution >= 4 is 11.6 Å². The van der Waals surface area contributed by atoms with Crippen molar-refractivity contribution in [1.82, 2.24) is 0 Å². The van der Waals surface area contributed by atoms with Crippen LogP contribution in [-0.4, -0.2) is 5.91 Å². The van der Waals surface area contributed by atoms with Crippen molar-refractivity contribution in [1.29, 1.82) is 0 Å². The van der Waals surface area contributed by atoms with Gasteiger partial charge in [0.25, 0.3) is 0 Å². The van der Waals surface area contributed by atoms with Gasteiger partial charge in [-0.25, -0.2) is 0 Å². The van der Waals surface area contributed by atoms with Gasteiger partial charge in [-0.2, -0.15) is 0 Å². The monoisotopic (exact) mass is 267 g/mol. The number of hydrogen-bond donors (Lipinski definition) is 1. The summed E-state index contributed by atoms with van der Waals surface area (Å²) in [7, 11) is 0. The lowest BCUT2D eigenvalue weighted by Gasteiger charge is -2.15. The molecule has 0 fully saturated rings. The van der Waals surface area contributed by atoms with Crippen LogP contribution in [0.2, 0.25) is 0 Å². The molecular weight excluding hydrogens is 246 g/mol. The summed E-state index contributed by atoms with van der Waals surface area (Å²) in [4.78, 5) is 12.2. The maximum Gasteiger partial charge on any atom is 0.227 e. The SMILES string of the molecule is CCC(CC)C(=O)Nc1ccccc1-c1ccccc1. The molecule has 2 rings (SSSR count). The van der Waals surface area contributed by atoms with Crippen LogP contribution in [0.15, 0.2) is 54.6 Å². The summed E-state index contributed by atoms with van der Waals surface area (Å²) in [5, 5.41) is 3.07. The normalized spacial score (nSPS) is 10.6. The average Bonchev–Trinajstić information content (AvgIpc) is 2.50. The molecule has 0 aromatic heterocycles. The fraction of sp³-hybridized carbons (Fsp3) is 0.278. The molecule has 0 unspecified atom stereocenters. The summed E-state index contributed by atoms with van der Waals surface area (Å²) in [5.41, 5.74) is 3.07. The summed E-state index contributed by atoms with van der Waals surface area (Å²) >= 11 is 0. The van der Waals surface area contributed by atoms with Gasteiger partial charge in [0.05, 0.1) is 0 Å². The maximum absolute atomic E-state index is 12.2. The fourth-order valence-corrected chi connectivity index (χ4v) is 2.36. The highest BCUT2D eigenvalue weighted by Gasteiger charge is 2.15. The Morgan fingerprint density at radius 2 is 1.55 bits per heavy atom. The molecule has 0 aliphatic carbocycles. The number of nitrogens with one attached hydrogen (secondary N) is 1. The molecule has 1 N–H and O–H groups in total. The third-order valence-electron chi connectivity index (χ3n) is 3.63. The molecule has 20 heavy (non-hydrogen) atoms. The van der Waals surface area contributed by atoms with E-state index in [0.29, 0.717) is 0 Å². The van der Waals surface area contributed by atoms with E-state index in [1.807, 2.05) is 42.5 Å². The Bertz CT molecular complexity index is 559. The lowest BCUT2D eigenvalue weighted by Crippen LogP contribution is -2.21. The Labute approximate surface area is 120 Å². The van der Waals surface area contributed by atoms with Gasteiger partial charge in [-0.1, -0.05) is 62.4 Å². The van der Waals surface area contributed by atoms with Gasteiger partial charge in [-0.05, 0) is 24.5 Å². The maximum atomic E-state index is 12.2. The molecule has 2 aromatic rings. The molecule has 0 saturated carbocycles. The average molecular weight is 267 g/mol. The Morgan fingerprint density at radius 3 is 2.20 bits per heavy atom. The van der Waals surface area contributed by atoms with Gasteiger partial charge in [0.1, 0.15) is 0 Å². The number of hydrogen-bond acceptors (Lipinski definition) is 1. The first-order valence-corrected chi connectivity index (χ1v) is 7.21. The van der Waals surface area contributed by atoms with Gasteiger partial charge >= 0.3 is 0 Å². The number of benzene rings is 2. The Hall–Kier alpha value is -2.09. The van der Waals surface area contributed by atoms with Crippen LogP contribution >= 0.6 is 0 Å². The predicted molar refractivity (Wildman–Crippen MR) is 84.6 cm³/mol. The molecule has 1 amide bonds. The second-order valence-electron chi connectivity index (χ2n) is 4.91. The van der Waals surface area contributed by atoms with Gasteiger partial charge in [-0.3, -0.25) is 4.79 Å². The number of carbonyl (C=O) groups is 1. The number of rotatable bonds is 5. The first-order valence-electron chi connectivity index (χ1n) is 7.21. The van der Waals surface area contributed by atoms with E-state index in [1.54, 1.807) is 0 Å². The lowest BCUT2D eigenvalue weighted by molar-refractivity contribution is -0.120. The molecule has 104 valence electrons. The van der Waals surface area contributed by atoms with E-state index < -0.39 is 0 Å². The second kappa shape index (κ2) is 6.90. The second-order valence-corrected chi connectivity index (χ2v) is 4.91. The summed E-state index contributed by atoms with van der Waals surface area (Å²) in [6, 6.07) is 18.1. The van der Waals surface area contributed by atoms with Crippen LogP contribution < -0.4 is 5.32 Å². The van der Waals surface area contributed by atoms with E-state index in [0.717, 1.165) is 29.7 Å². The van der Waals surface area contributed by atoms with E-state index in [4.69, 9.17) is 0 Å². The third-order valence-corrected chi connectivity index (χ3v) is 3.63. The van der Waals surface area contributed by atoms with Crippen molar-refractivity contribution in [2.24, 2.45) is 5.92 Å². The smallest absolute Gasteiger partial charge is 0.227 e. The van der Waals surface area contributed by atoms with Crippen molar-refractivity contribution in [3.05, 3.63) is 54.6 Å². The molecule has 0 aliphatic rings. The number of amides is 1. The van der Waals surface area contributed by atoms with Crippen molar-refractivity contribution in [3.63, 3.8) is 0 Å². The third kappa shape index (κ3) is 3.27. The molecule has 0 bridgehead atoms. The fourth-order valence-electron chi connectivity index (χ4n) is 2.36. The molecule has 2 nitrogen and oxygen atoms in total. The van der Waals surface area contributed by atoms with Crippen LogP contribution in [0.3, 0.4) is 0 Å². The van der Waals surface area contributed by atoms with Crippen LogP contribution in [0.25, 0.3) is 11.1 Å². The van der Waals surface area contributed by atoms with Crippen LogP contribution in [0.4, 0.5) is 5.69 Å². The van der Waals surface area contributed by atoms with E-state index in [-0.39, 0.29) is 11.8 Å². The minimum atomic E-state index is 0.0822. The van der Waals surface area contributed by atoms with Gasteiger partial charge in [0.2, 0.25) is 5.91 Å². The molecule has 0 heterocycles. The number of para-hydroxylation sites is 1. The first-order chi connectivity index (χ1) is 9.76. The Balaban J connectivity index is 2.27. The van der Waals surface area contributed by atoms with Crippen molar-refractivity contribution in [2.75, 3.05) is 5.32 Å². The molecule has 0 spiro atoms. The Kier molecular flexibility index (Phi) is 4.94. The molecule has 0 aliphatic heterocycles. The summed E-state index contributed by atoms with van der Waals surface area (Å²) < 4.78 is 0.